The number of ether oxygens (including phenoxy) is 1. The van der Waals surface area contributed by atoms with Crippen molar-refractivity contribution in [2.45, 2.75) is 33.1 Å². The Morgan fingerprint density at radius 1 is 1.25 bits per heavy atom. The Balaban J connectivity index is 2.57. The Morgan fingerprint density at radius 3 is 2.75 bits per heavy atom. The Bertz CT molecular complexity index is 310. The fraction of sp³-hybridized carbons (Fsp3) is 0.571. The van der Waals surface area contributed by atoms with E-state index in [0.717, 1.165) is 25.3 Å². The van der Waals surface area contributed by atoms with E-state index >= 15 is 0 Å². The second-order valence-corrected chi connectivity index (χ2v) is 4.10. The zero-order chi connectivity index (χ0) is 11.8. The molecule has 0 saturated heterocycles. The molecule has 0 bridgehead atoms. The standard InChI is InChI=1S/C14H23NO/c1-4-16-14-9-8-12(2)11-13(14)7-5-6-10-15-3/h8-9,11,15H,4-7,10H2,1-3H3. The second kappa shape index (κ2) is 7.29. The van der Waals surface area contributed by atoms with Gasteiger partial charge in [-0.3, -0.25) is 0 Å². The molecule has 0 saturated carbocycles. The fourth-order valence-electron chi connectivity index (χ4n) is 1.82. The van der Waals surface area contributed by atoms with Crippen LogP contribution in [-0.4, -0.2) is 20.2 Å². The Hall–Kier alpha value is -1.02. The maximum absolute atomic E-state index is 5.63. The minimum Gasteiger partial charge on any atom is -0.494 e. The van der Waals surface area contributed by atoms with Crippen LogP contribution < -0.4 is 10.1 Å². The summed E-state index contributed by atoms with van der Waals surface area (Å²) < 4.78 is 5.63. The van der Waals surface area contributed by atoms with Crippen molar-refractivity contribution in [1.29, 1.82) is 0 Å². The summed E-state index contributed by atoms with van der Waals surface area (Å²) in [6.07, 6.45) is 3.54. The van der Waals surface area contributed by atoms with Gasteiger partial charge in [-0.05, 0) is 58.3 Å². The lowest BCUT2D eigenvalue weighted by molar-refractivity contribution is 0.336. The van der Waals surface area contributed by atoms with Crippen LogP contribution in [0.5, 0.6) is 5.75 Å². The minimum atomic E-state index is 0.743. The average Bonchev–Trinajstić information content (AvgIpc) is 2.28. The van der Waals surface area contributed by atoms with Gasteiger partial charge in [0.25, 0.3) is 0 Å². The molecule has 1 N–H and O–H groups in total. The average molecular weight is 221 g/mol. The van der Waals surface area contributed by atoms with E-state index in [1.807, 2.05) is 14.0 Å². The van der Waals surface area contributed by atoms with Crippen LogP contribution in [0, 0.1) is 6.92 Å². The molecule has 0 unspecified atom stereocenters. The summed E-state index contributed by atoms with van der Waals surface area (Å²) in [6.45, 7) is 6.00. The molecule has 0 amide bonds. The van der Waals surface area contributed by atoms with Crippen LogP contribution >= 0.6 is 0 Å². The van der Waals surface area contributed by atoms with Crippen LogP contribution in [0.25, 0.3) is 0 Å². The van der Waals surface area contributed by atoms with Crippen molar-refractivity contribution in [3.05, 3.63) is 29.3 Å². The van der Waals surface area contributed by atoms with E-state index in [-0.39, 0.29) is 0 Å². The molecule has 0 aliphatic heterocycles. The molecule has 0 atom stereocenters. The van der Waals surface area contributed by atoms with Crippen LogP contribution in [0.1, 0.15) is 30.9 Å². The zero-order valence-electron chi connectivity index (χ0n) is 10.7. The maximum Gasteiger partial charge on any atom is 0.122 e. The monoisotopic (exact) mass is 221 g/mol. The van der Waals surface area contributed by atoms with Gasteiger partial charge in [-0.25, -0.2) is 0 Å². The lowest BCUT2D eigenvalue weighted by Crippen LogP contribution is -2.07. The number of rotatable bonds is 7. The molecular formula is C14H23NO. The highest BCUT2D eigenvalue weighted by Crippen LogP contribution is 2.21. The highest BCUT2D eigenvalue weighted by molar-refractivity contribution is 5.36. The van der Waals surface area contributed by atoms with E-state index in [1.165, 1.54) is 24.0 Å². The Kier molecular flexibility index (Phi) is 5.94. The molecule has 2 nitrogen and oxygen atoms in total. The molecule has 90 valence electrons. The lowest BCUT2D eigenvalue weighted by atomic mass is 10.0. The largest absolute Gasteiger partial charge is 0.494 e. The summed E-state index contributed by atoms with van der Waals surface area (Å²) in [4.78, 5) is 0. The summed E-state index contributed by atoms with van der Waals surface area (Å²) in [5.41, 5.74) is 2.66. The van der Waals surface area contributed by atoms with Gasteiger partial charge >= 0.3 is 0 Å². The molecule has 0 aliphatic carbocycles. The van der Waals surface area contributed by atoms with Crippen molar-refractivity contribution in [2.24, 2.45) is 0 Å². The van der Waals surface area contributed by atoms with Crippen molar-refractivity contribution in [3.63, 3.8) is 0 Å². The van der Waals surface area contributed by atoms with E-state index in [4.69, 9.17) is 4.74 Å². The SMILES string of the molecule is CCOc1ccc(C)cc1CCCCNC. The minimum absolute atomic E-state index is 0.743. The van der Waals surface area contributed by atoms with Gasteiger partial charge in [0.2, 0.25) is 0 Å². The summed E-state index contributed by atoms with van der Waals surface area (Å²) >= 11 is 0. The van der Waals surface area contributed by atoms with Gasteiger partial charge in [0.05, 0.1) is 6.61 Å². The Morgan fingerprint density at radius 2 is 2.06 bits per heavy atom. The summed E-state index contributed by atoms with van der Waals surface area (Å²) in [5, 5.41) is 3.17. The predicted octanol–water partition coefficient (Wildman–Crippen LogP) is 2.94. The van der Waals surface area contributed by atoms with Gasteiger partial charge in [-0.2, -0.15) is 0 Å². The van der Waals surface area contributed by atoms with Gasteiger partial charge < -0.3 is 10.1 Å². The van der Waals surface area contributed by atoms with E-state index < -0.39 is 0 Å². The first kappa shape index (κ1) is 13.0. The molecule has 1 aromatic rings. The molecule has 0 heterocycles. The molecule has 0 spiro atoms. The van der Waals surface area contributed by atoms with Crippen LogP contribution in [-0.2, 0) is 6.42 Å². The molecular weight excluding hydrogens is 198 g/mol. The van der Waals surface area contributed by atoms with E-state index in [1.54, 1.807) is 0 Å². The number of hydrogen-bond donors (Lipinski definition) is 1. The van der Waals surface area contributed by atoms with Crippen molar-refractivity contribution in [3.8, 4) is 5.75 Å². The molecule has 1 aromatic carbocycles. The summed E-state index contributed by atoms with van der Waals surface area (Å²) in [7, 11) is 2.00. The zero-order valence-corrected chi connectivity index (χ0v) is 10.7. The normalized spacial score (nSPS) is 10.4. The Labute approximate surface area is 99.0 Å². The quantitative estimate of drug-likeness (QED) is 0.715. The van der Waals surface area contributed by atoms with Gasteiger partial charge in [0, 0.05) is 0 Å². The van der Waals surface area contributed by atoms with Crippen LogP contribution in [0.4, 0.5) is 0 Å². The fourth-order valence-corrected chi connectivity index (χ4v) is 1.82. The highest BCUT2D eigenvalue weighted by Gasteiger charge is 2.03. The predicted molar refractivity (Wildman–Crippen MR) is 69.2 cm³/mol. The molecule has 0 radical (unpaired) electrons. The molecule has 0 aliphatic rings. The third-order valence-electron chi connectivity index (χ3n) is 2.64. The molecule has 0 fully saturated rings. The number of unbranched alkanes of at least 4 members (excludes halogenated alkanes) is 1. The van der Waals surface area contributed by atoms with Gasteiger partial charge in [-0.1, -0.05) is 17.7 Å². The van der Waals surface area contributed by atoms with Gasteiger partial charge in [0.15, 0.2) is 0 Å². The van der Waals surface area contributed by atoms with E-state index in [0.29, 0.717) is 0 Å². The smallest absolute Gasteiger partial charge is 0.122 e. The highest BCUT2D eigenvalue weighted by atomic mass is 16.5. The van der Waals surface area contributed by atoms with Crippen LogP contribution in [0.15, 0.2) is 18.2 Å². The third kappa shape index (κ3) is 4.23. The maximum atomic E-state index is 5.63. The van der Waals surface area contributed by atoms with Gasteiger partial charge in [0.1, 0.15) is 5.75 Å². The number of nitrogens with one attached hydrogen (secondary N) is 1. The number of aryl methyl sites for hydroxylation is 2. The van der Waals surface area contributed by atoms with Gasteiger partial charge in [-0.15, -0.1) is 0 Å². The molecule has 2 heteroatoms. The van der Waals surface area contributed by atoms with Crippen molar-refractivity contribution in [2.75, 3.05) is 20.2 Å². The van der Waals surface area contributed by atoms with Crippen molar-refractivity contribution in [1.82, 2.24) is 5.32 Å². The second-order valence-electron chi connectivity index (χ2n) is 4.10. The van der Waals surface area contributed by atoms with Crippen molar-refractivity contribution < 1.29 is 4.74 Å². The molecule has 1 rings (SSSR count). The first-order valence-electron chi connectivity index (χ1n) is 6.15. The summed E-state index contributed by atoms with van der Waals surface area (Å²) in [5.74, 6) is 1.05. The number of hydrogen-bond acceptors (Lipinski definition) is 2. The molecule has 0 aromatic heterocycles. The van der Waals surface area contributed by atoms with Crippen LogP contribution in [0.3, 0.4) is 0 Å². The number of benzene rings is 1. The lowest BCUT2D eigenvalue weighted by Gasteiger charge is -2.11. The first-order valence-corrected chi connectivity index (χ1v) is 6.15. The topological polar surface area (TPSA) is 21.3 Å². The van der Waals surface area contributed by atoms with E-state index in [9.17, 15) is 0 Å². The first-order chi connectivity index (χ1) is 7.77. The van der Waals surface area contributed by atoms with E-state index in [2.05, 4.69) is 30.4 Å². The third-order valence-corrected chi connectivity index (χ3v) is 2.64. The molecule has 16 heavy (non-hydrogen) atoms. The van der Waals surface area contributed by atoms with Crippen LogP contribution in [0.2, 0.25) is 0 Å². The van der Waals surface area contributed by atoms with Crippen molar-refractivity contribution >= 4 is 0 Å². The summed E-state index contributed by atoms with van der Waals surface area (Å²) in [6, 6.07) is 6.44.